The maximum atomic E-state index is 9.04. The van der Waals surface area contributed by atoms with Gasteiger partial charge in [-0.1, -0.05) is 45.0 Å². The maximum Gasteiger partial charge on any atom is 0.153 e. The van der Waals surface area contributed by atoms with Crippen LogP contribution in [-0.4, -0.2) is 25.2 Å². The second-order valence-electron chi connectivity index (χ2n) is 7.41. The predicted molar refractivity (Wildman–Crippen MR) is 116 cm³/mol. The molecule has 0 aliphatic rings. The van der Waals surface area contributed by atoms with E-state index < -0.39 is 0 Å². The number of benzene rings is 2. The fourth-order valence-electron chi connectivity index (χ4n) is 3.61. The summed E-state index contributed by atoms with van der Waals surface area (Å²) in [5.41, 5.74) is 4.69. The molecular formula is C24H27N3O. The molecule has 0 saturated carbocycles. The first-order chi connectivity index (χ1) is 13.6. The van der Waals surface area contributed by atoms with Crippen molar-refractivity contribution in [3.8, 4) is 22.9 Å². The van der Waals surface area contributed by atoms with Crippen LogP contribution < -0.4 is 9.64 Å². The minimum atomic E-state index is 0.553. The predicted octanol–water partition coefficient (Wildman–Crippen LogP) is 5.65. The largest absolute Gasteiger partial charge is 0.494 e. The van der Waals surface area contributed by atoms with E-state index in [0.29, 0.717) is 11.5 Å². The van der Waals surface area contributed by atoms with E-state index >= 15 is 0 Å². The number of pyridine rings is 1. The lowest BCUT2D eigenvalue weighted by molar-refractivity contribution is 0.418. The zero-order chi connectivity index (χ0) is 20.1. The molecule has 3 aromatic rings. The molecule has 0 N–H and O–H groups in total. The second kappa shape index (κ2) is 8.75. The second-order valence-corrected chi connectivity index (χ2v) is 7.41. The molecule has 0 fully saturated rings. The topological polar surface area (TPSA) is 49.2 Å². The fraction of sp³-hybridized carbons (Fsp3) is 0.333. The number of rotatable bonds is 7. The number of aromatic nitrogens is 1. The number of anilines is 1. The molecule has 0 unspecified atom stereocenters. The van der Waals surface area contributed by atoms with E-state index in [1.807, 2.05) is 36.5 Å². The van der Waals surface area contributed by atoms with E-state index in [2.05, 4.69) is 43.9 Å². The van der Waals surface area contributed by atoms with Gasteiger partial charge in [0.15, 0.2) is 5.75 Å². The van der Waals surface area contributed by atoms with Gasteiger partial charge in [-0.05, 0) is 36.1 Å². The maximum absolute atomic E-state index is 9.04. The molecule has 1 heterocycles. The number of hydrogen-bond acceptors (Lipinski definition) is 4. The molecule has 1 aromatic heterocycles. The van der Waals surface area contributed by atoms with Crippen LogP contribution in [0, 0.1) is 17.2 Å². The number of ether oxygens (including phenoxy) is 1. The number of fused-ring (bicyclic) bond motifs is 1. The van der Waals surface area contributed by atoms with E-state index in [4.69, 9.17) is 15.0 Å². The SMILES string of the molecule is CCCN(CC(C)C)c1cnc2c(-c3ccc(C#N)cc3)cccc2c1OC. The third kappa shape index (κ3) is 3.94. The van der Waals surface area contributed by atoms with Gasteiger partial charge in [0.2, 0.25) is 0 Å². The van der Waals surface area contributed by atoms with E-state index in [9.17, 15) is 0 Å². The summed E-state index contributed by atoms with van der Waals surface area (Å²) in [6.07, 6.45) is 3.01. The van der Waals surface area contributed by atoms with Crippen molar-refractivity contribution in [2.75, 3.05) is 25.1 Å². The van der Waals surface area contributed by atoms with Crippen molar-refractivity contribution in [2.24, 2.45) is 5.92 Å². The van der Waals surface area contributed by atoms with E-state index in [1.54, 1.807) is 7.11 Å². The Balaban J connectivity index is 2.15. The number of nitrogens with zero attached hydrogens (tertiary/aromatic N) is 3. The van der Waals surface area contributed by atoms with Crippen molar-refractivity contribution in [3.63, 3.8) is 0 Å². The Kier molecular flexibility index (Phi) is 6.16. The third-order valence-corrected chi connectivity index (χ3v) is 4.78. The van der Waals surface area contributed by atoms with Gasteiger partial charge < -0.3 is 9.64 Å². The summed E-state index contributed by atoms with van der Waals surface area (Å²) in [7, 11) is 1.73. The van der Waals surface area contributed by atoms with Crippen LogP contribution in [-0.2, 0) is 0 Å². The highest BCUT2D eigenvalue weighted by atomic mass is 16.5. The number of hydrogen-bond donors (Lipinski definition) is 0. The molecule has 0 spiro atoms. The van der Waals surface area contributed by atoms with Gasteiger partial charge in [0, 0.05) is 24.0 Å². The van der Waals surface area contributed by atoms with Gasteiger partial charge in [0.25, 0.3) is 0 Å². The first-order valence-corrected chi connectivity index (χ1v) is 9.80. The number of nitriles is 1. The van der Waals surface area contributed by atoms with Crippen LogP contribution in [0.1, 0.15) is 32.8 Å². The molecule has 0 amide bonds. The minimum Gasteiger partial charge on any atom is -0.494 e. The summed E-state index contributed by atoms with van der Waals surface area (Å²) >= 11 is 0. The van der Waals surface area contributed by atoms with E-state index in [-0.39, 0.29) is 0 Å². The highest BCUT2D eigenvalue weighted by molar-refractivity contribution is 5.99. The van der Waals surface area contributed by atoms with Gasteiger partial charge in [-0.15, -0.1) is 0 Å². The summed E-state index contributed by atoms with van der Waals surface area (Å²) < 4.78 is 5.87. The molecule has 28 heavy (non-hydrogen) atoms. The van der Waals surface area contributed by atoms with Gasteiger partial charge >= 0.3 is 0 Å². The zero-order valence-corrected chi connectivity index (χ0v) is 17.1. The molecule has 144 valence electrons. The molecule has 0 radical (unpaired) electrons. The Labute approximate surface area is 167 Å². The average molecular weight is 374 g/mol. The van der Waals surface area contributed by atoms with Crippen molar-refractivity contribution in [2.45, 2.75) is 27.2 Å². The minimum absolute atomic E-state index is 0.553. The van der Waals surface area contributed by atoms with Crippen LogP contribution in [0.15, 0.2) is 48.7 Å². The summed E-state index contributed by atoms with van der Waals surface area (Å²) in [5, 5.41) is 10.1. The van der Waals surface area contributed by atoms with Gasteiger partial charge in [0.1, 0.15) is 0 Å². The van der Waals surface area contributed by atoms with Crippen LogP contribution in [0.2, 0.25) is 0 Å². The standard InChI is InChI=1S/C24H27N3O/c1-5-13-27(16-17(2)3)22-15-26-23-20(7-6-8-21(23)24(22)28-4)19-11-9-18(14-25)10-12-19/h6-12,15,17H,5,13,16H2,1-4H3. The van der Waals surface area contributed by atoms with Gasteiger partial charge in [-0.25, -0.2) is 0 Å². The van der Waals surface area contributed by atoms with Gasteiger partial charge in [-0.3, -0.25) is 4.98 Å². The zero-order valence-electron chi connectivity index (χ0n) is 17.1. The fourth-order valence-corrected chi connectivity index (χ4v) is 3.61. The van der Waals surface area contributed by atoms with Crippen molar-refractivity contribution < 1.29 is 4.74 Å². The molecule has 0 saturated heterocycles. The molecule has 2 aromatic carbocycles. The van der Waals surface area contributed by atoms with E-state index in [0.717, 1.165) is 53.0 Å². The molecule has 4 heteroatoms. The molecular weight excluding hydrogens is 346 g/mol. The monoisotopic (exact) mass is 373 g/mol. The Morgan fingerprint density at radius 1 is 1.14 bits per heavy atom. The summed E-state index contributed by atoms with van der Waals surface area (Å²) in [6.45, 7) is 8.58. The Bertz CT molecular complexity index is 987. The highest BCUT2D eigenvalue weighted by Crippen LogP contribution is 2.38. The summed E-state index contributed by atoms with van der Waals surface area (Å²) in [4.78, 5) is 7.20. The Hall–Kier alpha value is -3.06. The molecule has 0 aliphatic heterocycles. The van der Waals surface area contributed by atoms with E-state index in [1.165, 1.54) is 0 Å². The molecule has 4 nitrogen and oxygen atoms in total. The van der Waals surface area contributed by atoms with Crippen molar-refractivity contribution in [3.05, 3.63) is 54.2 Å². The molecule has 0 atom stereocenters. The quantitative estimate of drug-likeness (QED) is 0.536. The Morgan fingerprint density at radius 2 is 1.89 bits per heavy atom. The number of methoxy groups -OCH3 is 1. The van der Waals surface area contributed by atoms with Crippen LogP contribution in [0.25, 0.3) is 22.0 Å². The lowest BCUT2D eigenvalue weighted by Gasteiger charge is -2.28. The summed E-state index contributed by atoms with van der Waals surface area (Å²) in [5.74, 6) is 1.42. The van der Waals surface area contributed by atoms with Crippen LogP contribution in [0.3, 0.4) is 0 Å². The van der Waals surface area contributed by atoms with Gasteiger partial charge in [0.05, 0.1) is 36.1 Å². The summed E-state index contributed by atoms with van der Waals surface area (Å²) in [6, 6.07) is 16.0. The van der Waals surface area contributed by atoms with Crippen molar-refractivity contribution >= 4 is 16.6 Å². The van der Waals surface area contributed by atoms with Crippen molar-refractivity contribution in [1.82, 2.24) is 4.98 Å². The first-order valence-electron chi connectivity index (χ1n) is 9.80. The smallest absolute Gasteiger partial charge is 0.153 e. The normalized spacial score (nSPS) is 10.9. The highest BCUT2D eigenvalue weighted by Gasteiger charge is 2.18. The lowest BCUT2D eigenvalue weighted by atomic mass is 10.00. The average Bonchev–Trinajstić information content (AvgIpc) is 2.72. The van der Waals surface area contributed by atoms with Gasteiger partial charge in [-0.2, -0.15) is 5.26 Å². The van der Waals surface area contributed by atoms with Crippen molar-refractivity contribution in [1.29, 1.82) is 5.26 Å². The molecule has 3 rings (SSSR count). The first kappa shape index (κ1) is 19.7. The lowest BCUT2D eigenvalue weighted by Crippen LogP contribution is -2.29. The third-order valence-electron chi connectivity index (χ3n) is 4.78. The van der Waals surface area contributed by atoms with Crippen LogP contribution >= 0.6 is 0 Å². The Morgan fingerprint density at radius 3 is 2.50 bits per heavy atom. The molecule has 0 aliphatic carbocycles. The number of para-hydroxylation sites is 1. The van der Waals surface area contributed by atoms with Crippen LogP contribution in [0.5, 0.6) is 5.75 Å². The van der Waals surface area contributed by atoms with Crippen LogP contribution in [0.4, 0.5) is 5.69 Å². The molecule has 0 bridgehead atoms.